The van der Waals surface area contributed by atoms with E-state index in [0.29, 0.717) is 12.2 Å². The van der Waals surface area contributed by atoms with Crippen molar-refractivity contribution in [1.82, 2.24) is 25.5 Å². The Hall–Kier alpha value is -4.00. The highest BCUT2D eigenvalue weighted by atomic mass is 16.5. The molecule has 4 aromatic rings. The molecule has 0 unspecified atom stereocenters. The summed E-state index contributed by atoms with van der Waals surface area (Å²) in [6.07, 6.45) is 2.20. The van der Waals surface area contributed by atoms with E-state index in [1.165, 1.54) is 11.0 Å². The van der Waals surface area contributed by atoms with Crippen molar-refractivity contribution in [1.29, 1.82) is 0 Å². The number of carbonyl (C=O) groups excluding carboxylic acids is 1. The fraction of sp³-hybridized carbons (Fsp3) is 0.130. The Morgan fingerprint density at radius 2 is 1.73 bits per heavy atom. The molecule has 4 rings (SSSR count). The normalized spacial score (nSPS) is 11.6. The lowest BCUT2D eigenvalue weighted by atomic mass is 9.99. The third kappa shape index (κ3) is 5.08. The van der Waals surface area contributed by atoms with Crippen molar-refractivity contribution in [3.8, 4) is 11.4 Å². The van der Waals surface area contributed by atoms with E-state index in [-0.39, 0.29) is 18.6 Å². The maximum Gasteiger partial charge on any atom is 0.258 e. The molecule has 0 bridgehead atoms. The first-order valence-corrected chi connectivity index (χ1v) is 9.62. The summed E-state index contributed by atoms with van der Waals surface area (Å²) in [5.74, 6) is 0.380. The zero-order valence-corrected chi connectivity index (χ0v) is 16.3. The molecule has 0 aliphatic heterocycles. The lowest BCUT2D eigenvalue weighted by Crippen LogP contribution is -2.33. The number of amides is 1. The molecule has 1 amide bonds. The number of aromatic nitrogens is 4. The highest BCUT2D eigenvalue weighted by Crippen LogP contribution is 2.19. The maximum atomic E-state index is 12.6. The van der Waals surface area contributed by atoms with Gasteiger partial charge in [0.15, 0.2) is 6.61 Å². The summed E-state index contributed by atoms with van der Waals surface area (Å²) >= 11 is 0. The van der Waals surface area contributed by atoms with Crippen molar-refractivity contribution >= 4 is 5.91 Å². The number of hydrogen-bond acceptors (Lipinski definition) is 5. The number of hydrogen-bond donors (Lipinski definition) is 1. The predicted molar refractivity (Wildman–Crippen MR) is 112 cm³/mol. The van der Waals surface area contributed by atoms with Crippen LogP contribution in [-0.2, 0) is 11.2 Å². The van der Waals surface area contributed by atoms with Gasteiger partial charge in [0, 0.05) is 6.07 Å². The molecular weight excluding hydrogens is 378 g/mol. The van der Waals surface area contributed by atoms with E-state index in [1.807, 2.05) is 60.7 Å². The average Bonchev–Trinajstić information content (AvgIpc) is 3.34. The van der Waals surface area contributed by atoms with Gasteiger partial charge in [-0.05, 0) is 40.1 Å². The van der Waals surface area contributed by atoms with Crippen LogP contribution in [0.15, 0.2) is 91.3 Å². The zero-order valence-electron chi connectivity index (χ0n) is 16.3. The number of carbonyl (C=O) groups is 1. The second kappa shape index (κ2) is 9.47. The lowest BCUT2D eigenvalue weighted by Gasteiger charge is -2.20. The summed E-state index contributed by atoms with van der Waals surface area (Å²) in [4.78, 5) is 12.6. The van der Waals surface area contributed by atoms with Crippen molar-refractivity contribution < 1.29 is 9.53 Å². The van der Waals surface area contributed by atoms with E-state index in [1.54, 1.807) is 12.1 Å². The number of nitrogens with zero attached hydrogens (tertiary/aromatic N) is 4. The highest BCUT2D eigenvalue weighted by molar-refractivity contribution is 5.78. The molecule has 1 heterocycles. The number of ether oxygens (including phenoxy) is 1. The van der Waals surface area contributed by atoms with E-state index >= 15 is 0 Å². The van der Waals surface area contributed by atoms with Crippen LogP contribution >= 0.6 is 0 Å². The average molecular weight is 399 g/mol. The van der Waals surface area contributed by atoms with Crippen LogP contribution in [0.1, 0.15) is 17.2 Å². The van der Waals surface area contributed by atoms with Crippen molar-refractivity contribution in [2.75, 3.05) is 6.61 Å². The molecule has 0 radical (unpaired) electrons. The van der Waals surface area contributed by atoms with Gasteiger partial charge in [0.1, 0.15) is 12.1 Å². The minimum absolute atomic E-state index is 0.0861. The molecule has 0 spiro atoms. The molecule has 0 saturated heterocycles. The Balaban J connectivity index is 1.41. The van der Waals surface area contributed by atoms with Crippen LogP contribution in [0.3, 0.4) is 0 Å². The summed E-state index contributed by atoms with van der Waals surface area (Å²) in [5, 5.41) is 14.2. The summed E-state index contributed by atoms with van der Waals surface area (Å²) in [6, 6.07) is 27.2. The Morgan fingerprint density at radius 1 is 0.967 bits per heavy atom. The third-order valence-corrected chi connectivity index (χ3v) is 4.62. The van der Waals surface area contributed by atoms with Crippen LogP contribution in [-0.4, -0.2) is 32.7 Å². The van der Waals surface area contributed by atoms with Gasteiger partial charge in [0.2, 0.25) is 0 Å². The fourth-order valence-electron chi connectivity index (χ4n) is 3.17. The van der Waals surface area contributed by atoms with Crippen LogP contribution < -0.4 is 10.1 Å². The van der Waals surface area contributed by atoms with Crippen molar-refractivity contribution in [2.24, 2.45) is 0 Å². The van der Waals surface area contributed by atoms with Gasteiger partial charge >= 0.3 is 0 Å². The van der Waals surface area contributed by atoms with E-state index in [4.69, 9.17) is 4.74 Å². The van der Waals surface area contributed by atoms with Gasteiger partial charge < -0.3 is 10.1 Å². The summed E-state index contributed by atoms with van der Waals surface area (Å²) in [5.41, 5.74) is 2.96. The van der Waals surface area contributed by atoms with Crippen LogP contribution in [0.4, 0.5) is 0 Å². The SMILES string of the molecule is O=C(COc1cccc(-n2cnnn2)c1)N[C@@H](Cc1ccccc1)c1ccccc1. The van der Waals surface area contributed by atoms with Crippen LogP contribution in [0.25, 0.3) is 5.69 Å². The topological polar surface area (TPSA) is 81.9 Å². The summed E-state index contributed by atoms with van der Waals surface area (Å²) < 4.78 is 7.23. The van der Waals surface area contributed by atoms with Crippen LogP contribution in [0.5, 0.6) is 5.75 Å². The monoisotopic (exact) mass is 399 g/mol. The van der Waals surface area contributed by atoms with Gasteiger partial charge in [0.05, 0.1) is 11.7 Å². The molecule has 1 aromatic heterocycles. The second-order valence-electron chi connectivity index (χ2n) is 6.76. The van der Waals surface area contributed by atoms with Gasteiger partial charge in [-0.3, -0.25) is 4.79 Å². The standard InChI is InChI=1S/C23H21N5O2/c29-23(16-30-21-13-7-12-20(15-21)28-17-24-26-27-28)25-22(19-10-5-2-6-11-19)14-18-8-3-1-4-9-18/h1-13,15,17,22H,14,16H2,(H,25,29)/t22-/m0/s1. The molecule has 0 saturated carbocycles. The summed E-state index contributed by atoms with van der Waals surface area (Å²) in [7, 11) is 0. The second-order valence-corrected chi connectivity index (χ2v) is 6.76. The minimum atomic E-state index is -0.187. The number of nitrogens with one attached hydrogen (secondary N) is 1. The molecule has 30 heavy (non-hydrogen) atoms. The van der Waals surface area contributed by atoms with Gasteiger partial charge in [-0.15, -0.1) is 5.10 Å². The van der Waals surface area contributed by atoms with E-state index in [9.17, 15) is 4.79 Å². The minimum Gasteiger partial charge on any atom is -0.484 e. The van der Waals surface area contributed by atoms with E-state index in [0.717, 1.165) is 16.8 Å². The van der Waals surface area contributed by atoms with E-state index < -0.39 is 0 Å². The van der Waals surface area contributed by atoms with Gasteiger partial charge in [0.25, 0.3) is 5.91 Å². The Morgan fingerprint density at radius 3 is 2.47 bits per heavy atom. The van der Waals surface area contributed by atoms with Gasteiger partial charge in [-0.2, -0.15) is 0 Å². The maximum absolute atomic E-state index is 12.6. The molecule has 1 atom stereocenters. The van der Waals surface area contributed by atoms with Gasteiger partial charge in [-0.1, -0.05) is 66.7 Å². The highest BCUT2D eigenvalue weighted by Gasteiger charge is 2.16. The van der Waals surface area contributed by atoms with Crippen molar-refractivity contribution in [2.45, 2.75) is 12.5 Å². The first kappa shape index (κ1) is 19.3. The Kier molecular flexibility index (Phi) is 6.10. The van der Waals surface area contributed by atoms with E-state index in [2.05, 4.69) is 33.0 Å². The molecule has 1 N–H and O–H groups in total. The fourth-order valence-corrected chi connectivity index (χ4v) is 3.17. The molecule has 7 heteroatoms. The molecule has 7 nitrogen and oxygen atoms in total. The predicted octanol–water partition coefficient (Wildman–Crippen LogP) is 3.14. The molecule has 0 aliphatic rings. The smallest absolute Gasteiger partial charge is 0.258 e. The molecular formula is C23H21N5O2. The van der Waals surface area contributed by atoms with Crippen LogP contribution in [0, 0.1) is 0 Å². The van der Waals surface area contributed by atoms with Crippen molar-refractivity contribution in [3.05, 3.63) is 102 Å². The lowest BCUT2D eigenvalue weighted by molar-refractivity contribution is -0.123. The first-order valence-electron chi connectivity index (χ1n) is 9.62. The zero-order chi connectivity index (χ0) is 20.6. The first-order chi connectivity index (χ1) is 14.8. The molecule has 150 valence electrons. The van der Waals surface area contributed by atoms with Crippen LogP contribution in [0.2, 0.25) is 0 Å². The van der Waals surface area contributed by atoms with Gasteiger partial charge in [-0.25, -0.2) is 4.68 Å². The molecule has 0 aliphatic carbocycles. The third-order valence-electron chi connectivity index (χ3n) is 4.62. The quantitative estimate of drug-likeness (QED) is 0.492. The number of tetrazole rings is 1. The largest absolute Gasteiger partial charge is 0.484 e. The number of rotatable bonds is 8. The Labute approximate surface area is 174 Å². The summed E-state index contributed by atoms with van der Waals surface area (Å²) in [6.45, 7) is -0.0861. The molecule has 0 fully saturated rings. The number of benzene rings is 3. The van der Waals surface area contributed by atoms with Crippen molar-refractivity contribution in [3.63, 3.8) is 0 Å². The molecule has 3 aromatic carbocycles. The Bertz CT molecular complexity index is 1070.